The Morgan fingerprint density at radius 3 is 2.57 bits per heavy atom. The first-order valence-electron chi connectivity index (χ1n) is 7.80. The fourth-order valence-electron chi connectivity index (χ4n) is 3.00. The Balaban J connectivity index is 2.29. The largest absolute Gasteiger partial charge is 0.444 e. The first kappa shape index (κ1) is 15.9. The Morgan fingerprint density at radius 2 is 2.00 bits per heavy atom. The molecule has 21 heavy (non-hydrogen) atoms. The average Bonchev–Trinajstić information content (AvgIpc) is 2.59. The number of nitrogens with zero attached hydrogens (tertiary/aromatic N) is 2. The van der Waals surface area contributed by atoms with Crippen LogP contribution in [0.5, 0.6) is 0 Å². The second kappa shape index (κ2) is 6.08. The Kier molecular flexibility index (Phi) is 4.59. The molecular formula is C16H27N3O2. The minimum Gasteiger partial charge on any atom is -0.444 e. The fourth-order valence-corrected chi connectivity index (χ4v) is 3.00. The molecule has 0 aliphatic carbocycles. The number of aryl methyl sites for hydroxylation is 2. The van der Waals surface area contributed by atoms with E-state index in [1.165, 1.54) is 0 Å². The zero-order valence-electron chi connectivity index (χ0n) is 13.8. The highest BCUT2D eigenvalue weighted by Crippen LogP contribution is 2.34. The van der Waals surface area contributed by atoms with Crippen LogP contribution in [0.4, 0.5) is 4.79 Å². The van der Waals surface area contributed by atoms with Gasteiger partial charge in [0.1, 0.15) is 5.60 Å². The molecule has 1 aromatic heterocycles. The molecule has 5 heteroatoms. The van der Waals surface area contributed by atoms with Gasteiger partial charge in [0.05, 0.1) is 11.7 Å². The summed E-state index contributed by atoms with van der Waals surface area (Å²) in [5.74, 6) is 0. The van der Waals surface area contributed by atoms with Gasteiger partial charge in [-0.05, 0) is 47.5 Å². The van der Waals surface area contributed by atoms with E-state index in [0.29, 0.717) is 0 Å². The number of ether oxygens (including phenoxy) is 1. The van der Waals surface area contributed by atoms with E-state index in [1.807, 2.05) is 39.5 Å². The molecule has 1 aliphatic rings. The lowest BCUT2D eigenvalue weighted by atomic mass is 9.99. The number of amides is 1. The molecule has 5 nitrogen and oxygen atoms in total. The highest BCUT2D eigenvalue weighted by atomic mass is 16.6. The highest BCUT2D eigenvalue weighted by molar-refractivity contribution is 5.69. The molecule has 1 aromatic rings. The van der Waals surface area contributed by atoms with E-state index in [1.54, 1.807) is 0 Å². The van der Waals surface area contributed by atoms with Crippen LogP contribution >= 0.6 is 0 Å². The molecule has 1 amide bonds. The third kappa shape index (κ3) is 3.77. The Labute approximate surface area is 127 Å². The van der Waals surface area contributed by atoms with Crippen LogP contribution in [-0.4, -0.2) is 33.3 Å². The molecule has 2 rings (SSSR count). The fraction of sp³-hybridized carbons (Fsp3) is 0.750. The van der Waals surface area contributed by atoms with Gasteiger partial charge in [-0.3, -0.25) is 5.10 Å². The zero-order valence-corrected chi connectivity index (χ0v) is 13.8. The molecule has 1 saturated heterocycles. The molecule has 0 aromatic carbocycles. The van der Waals surface area contributed by atoms with E-state index in [0.717, 1.165) is 49.2 Å². The third-order valence-electron chi connectivity index (χ3n) is 3.90. The van der Waals surface area contributed by atoms with Crippen LogP contribution in [0.15, 0.2) is 0 Å². The second-order valence-electron chi connectivity index (χ2n) is 6.89. The van der Waals surface area contributed by atoms with Crippen molar-refractivity contribution in [2.45, 2.75) is 71.9 Å². The number of carbonyl (C=O) groups is 1. The molecule has 1 fully saturated rings. The number of likely N-dealkylation sites (tertiary alicyclic amines) is 1. The number of hydrogen-bond donors (Lipinski definition) is 1. The smallest absolute Gasteiger partial charge is 0.410 e. The van der Waals surface area contributed by atoms with Crippen molar-refractivity contribution in [2.24, 2.45) is 0 Å². The van der Waals surface area contributed by atoms with Crippen LogP contribution in [0.2, 0.25) is 0 Å². The molecule has 1 aliphatic heterocycles. The second-order valence-corrected chi connectivity index (χ2v) is 6.89. The van der Waals surface area contributed by atoms with Crippen molar-refractivity contribution < 1.29 is 9.53 Å². The first-order valence-corrected chi connectivity index (χ1v) is 7.80. The monoisotopic (exact) mass is 293 g/mol. The van der Waals surface area contributed by atoms with Crippen LogP contribution < -0.4 is 0 Å². The molecule has 1 N–H and O–H groups in total. The normalized spacial score (nSPS) is 20.2. The Bertz CT molecular complexity index is 483. The van der Waals surface area contributed by atoms with Gasteiger partial charge in [-0.25, -0.2) is 4.79 Å². The number of carbonyl (C=O) groups excluding carboxylic acids is 1. The summed E-state index contributed by atoms with van der Waals surface area (Å²) in [6.45, 7) is 10.5. The van der Waals surface area contributed by atoms with Gasteiger partial charge in [0, 0.05) is 17.8 Å². The minimum atomic E-state index is -0.464. The summed E-state index contributed by atoms with van der Waals surface area (Å²) in [5, 5.41) is 7.32. The summed E-state index contributed by atoms with van der Waals surface area (Å²) < 4.78 is 5.60. The number of hydrogen-bond acceptors (Lipinski definition) is 3. The van der Waals surface area contributed by atoms with Gasteiger partial charge in [-0.2, -0.15) is 5.10 Å². The van der Waals surface area contributed by atoms with Gasteiger partial charge in [-0.1, -0.05) is 12.8 Å². The van der Waals surface area contributed by atoms with Gasteiger partial charge in [0.25, 0.3) is 0 Å². The van der Waals surface area contributed by atoms with Crippen LogP contribution in [0.1, 0.15) is 69.4 Å². The molecule has 2 heterocycles. The van der Waals surface area contributed by atoms with Gasteiger partial charge in [0.15, 0.2) is 0 Å². The lowest BCUT2D eigenvalue weighted by Gasteiger charge is -2.32. The van der Waals surface area contributed by atoms with E-state index in [4.69, 9.17) is 4.74 Å². The molecule has 1 atom stereocenters. The number of aromatic amines is 1. The molecule has 0 spiro atoms. The predicted octanol–water partition coefficient (Wildman–Crippen LogP) is 3.88. The van der Waals surface area contributed by atoms with Gasteiger partial charge in [-0.15, -0.1) is 0 Å². The number of aromatic nitrogens is 2. The third-order valence-corrected chi connectivity index (χ3v) is 3.90. The lowest BCUT2D eigenvalue weighted by molar-refractivity contribution is 0.0162. The predicted molar refractivity (Wildman–Crippen MR) is 82.2 cm³/mol. The molecule has 118 valence electrons. The summed E-state index contributed by atoms with van der Waals surface area (Å²) in [7, 11) is 0. The SMILES string of the molecule is Cc1n[nH]c(C)c1[C@@H]1CCCCCN1C(=O)OC(C)(C)C. The minimum absolute atomic E-state index is 0.0705. The van der Waals surface area contributed by atoms with E-state index in [9.17, 15) is 4.79 Å². The van der Waals surface area contributed by atoms with Gasteiger partial charge < -0.3 is 9.64 Å². The summed E-state index contributed by atoms with van der Waals surface area (Å²) in [4.78, 5) is 14.5. The Hall–Kier alpha value is -1.52. The van der Waals surface area contributed by atoms with Crippen molar-refractivity contribution in [3.05, 3.63) is 17.0 Å². The maximum Gasteiger partial charge on any atom is 0.410 e. The van der Waals surface area contributed by atoms with Crippen molar-refractivity contribution in [2.75, 3.05) is 6.54 Å². The number of nitrogens with one attached hydrogen (secondary N) is 1. The van der Waals surface area contributed by atoms with Crippen molar-refractivity contribution in [1.29, 1.82) is 0 Å². The zero-order chi connectivity index (χ0) is 15.6. The van der Waals surface area contributed by atoms with Crippen LogP contribution in [-0.2, 0) is 4.74 Å². The molecule has 0 bridgehead atoms. The van der Waals surface area contributed by atoms with E-state index in [2.05, 4.69) is 10.2 Å². The van der Waals surface area contributed by atoms with Crippen molar-refractivity contribution >= 4 is 6.09 Å². The van der Waals surface area contributed by atoms with E-state index in [-0.39, 0.29) is 12.1 Å². The summed E-state index contributed by atoms with van der Waals surface area (Å²) in [6, 6.07) is 0.0705. The van der Waals surface area contributed by atoms with Crippen LogP contribution in [0.25, 0.3) is 0 Å². The quantitative estimate of drug-likeness (QED) is 0.855. The number of H-pyrrole nitrogens is 1. The van der Waals surface area contributed by atoms with Gasteiger partial charge in [0.2, 0.25) is 0 Å². The van der Waals surface area contributed by atoms with Crippen molar-refractivity contribution in [3.63, 3.8) is 0 Å². The highest BCUT2D eigenvalue weighted by Gasteiger charge is 2.32. The maximum atomic E-state index is 12.6. The van der Waals surface area contributed by atoms with Crippen molar-refractivity contribution in [1.82, 2.24) is 15.1 Å². The summed E-state index contributed by atoms with van der Waals surface area (Å²) >= 11 is 0. The summed E-state index contributed by atoms with van der Waals surface area (Å²) in [6.07, 6.45) is 4.08. The topological polar surface area (TPSA) is 58.2 Å². The Morgan fingerprint density at radius 1 is 1.29 bits per heavy atom. The molecular weight excluding hydrogens is 266 g/mol. The lowest BCUT2D eigenvalue weighted by Crippen LogP contribution is -2.39. The van der Waals surface area contributed by atoms with Crippen LogP contribution in [0, 0.1) is 13.8 Å². The average molecular weight is 293 g/mol. The number of rotatable bonds is 1. The molecule has 0 unspecified atom stereocenters. The van der Waals surface area contributed by atoms with Gasteiger partial charge >= 0.3 is 6.09 Å². The summed E-state index contributed by atoms with van der Waals surface area (Å²) in [5.41, 5.74) is 2.72. The van der Waals surface area contributed by atoms with Crippen LogP contribution in [0.3, 0.4) is 0 Å². The maximum absolute atomic E-state index is 12.6. The first-order chi connectivity index (χ1) is 9.79. The van der Waals surface area contributed by atoms with E-state index < -0.39 is 5.60 Å². The molecule has 0 saturated carbocycles. The standard InChI is InChI=1S/C16H27N3O2/c1-11-14(12(2)18-17-11)13-9-7-6-8-10-19(13)15(20)21-16(3,4)5/h13H,6-10H2,1-5H3,(H,17,18)/t13-/m0/s1. The molecule has 0 radical (unpaired) electrons. The van der Waals surface area contributed by atoms with Crippen molar-refractivity contribution in [3.8, 4) is 0 Å². The van der Waals surface area contributed by atoms with E-state index >= 15 is 0 Å².